The fraction of sp³-hybridized carbons (Fsp3) is 0.158. The minimum Gasteiger partial charge on any atom is -0.326 e. The van der Waals surface area contributed by atoms with Crippen molar-refractivity contribution in [2.24, 2.45) is 0 Å². The molecule has 1 N–H and O–H groups in total. The molecule has 0 saturated carbocycles. The fourth-order valence-corrected chi connectivity index (χ4v) is 3.19. The Balaban J connectivity index is 1.69. The van der Waals surface area contributed by atoms with Crippen molar-refractivity contribution in [3.05, 3.63) is 70.9 Å². The lowest BCUT2D eigenvalue weighted by Gasteiger charge is -2.19. The van der Waals surface area contributed by atoms with Crippen molar-refractivity contribution in [2.75, 3.05) is 16.8 Å². The zero-order valence-electron chi connectivity index (χ0n) is 13.3. The highest BCUT2D eigenvalue weighted by molar-refractivity contribution is 6.33. The van der Waals surface area contributed by atoms with Crippen LogP contribution in [0.3, 0.4) is 0 Å². The molecule has 24 heavy (non-hydrogen) atoms. The lowest BCUT2D eigenvalue weighted by Crippen LogP contribution is -2.16. The number of fused-ring (bicyclic) bond motifs is 1. The topological polar surface area (TPSA) is 41.1 Å². The second-order valence-electron chi connectivity index (χ2n) is 5.83. The van der Waals surface area contributed by atoms with E-state index in [-0.39, 0.29) is 0 Å². The Hall–Kier alpha value is -2.59. The van der Waals surface area contributed by atoms with Crippen LogP contribution in [0.1, 0.15) is 11.3 Å². The summed E-state index contributed by atoms with van der Waals surface area (Å²) in [5, 5.41) is 3.87. The van der Waals surface area contributed by atoms with E-state index in [1.54, 1.807) is 0 Å². The van der Waals surface area contributed by atoms with Crippen LogP contribution in [0.2, 0.25) is 5.02 Å². The van der Waals surface area contributed by atoms with Gasteiger partial charge in [-0.15, -0.1) is 0 Å². The summed E-state index contributed by atoms with van der Waals surface area (Å²) in [7, 11) is 0. The minimum atomic E-state index is 0.558. The van der Waals surface area contributed by atoms with E-state index in [1.807, 2.05) is 37.3 Å². The molecule has 0 saturated heterocycles. The molecule has 1 aromatic heterocycles. The normalized spacial score (nSPS) is 13.0. The van der Waals surface area contributed by atoms with Crippen LogP contribution in [0.25, 0.3) is 0 Å². The monoisotopic (exact) mass is 336 g/mol. The summed E-state index contributed by atoms with van der Waals surface area (Å²) in [5.74, 6) is 1.46. The van der Waals surface area contributed by atoms with Gasteiger partial charge in [-0.1, -0.05) is 41.9 Å². The van der Waals surface area contributed by atoms with Gasteiger partial charge in [0, 0.05) is 24.0 Å². The molecule has 3 aromatic rings. The summed E-state index contributed by atoms with van der Waals surface area (Å²) in [5.41, 5.74) is 4.30. The first-order valence-electron chi connectivity index (χ1n) is 7.93. The van der Waals surface area contributed by atoms with E-state index in [0.717, 1.165) is 30.2 Å². The lowest BCUT2D eigenvalue weighted by molar-refractivity contribution is 0.959. The average Bonchev–Trinajstić information content (AvgIpc) is 3.01. The Morgan fingerprint density at radius 3 is 2.71 bits per heavy atom. The third-order valence-corrected chi connectivity index (χ3v) is 4.45. The predicted octanol–water partition coefficient (Wildman–Crippen LogP) is 4.88. The zero-order chi connectivity index (χ0) is 16.5. The summed E-state index contributed by atoms with van der Waals surface area (Å²) >= 11 is 6.22. The molecule has 0 unspecified atom stereocenters. The van der Waals surface area contributed by atoms with Crippen molar-refractivity contribution in [1.82, 2.24) is 9.97 Å². The van der Waals surface area contributed by atoms with Gasteiger partial charge in [0.2, 0.25) is 5.95 Å². The third-order valence-electron chi connectivity index (χ3n) is 4.12. The van der Waals surface area contributed by atoms with Gasteiger partial charge in [-0.3, -0.25) is 0 Å². The van der Waals surface area contributed by atoms with E-state index in [1.165, 1.54) is 11.3 Å². The standard InChI is InChI=1S/C19H17ClN4/c1-13-12-18(24-11-10-14-6-2-5-9-17(14)24)23-19(21-13)22-16-8-4-3-7-15(16)20/h2-9,12H,10-11H2,1H3,(H,21,22,23). The van der Waals surface area contributed by atoms with Crippen LogP contribution in [0.15, 0.2) is 54.6 Å². The summed E-state index contributed by atoms with van der Waals surface area (Å²) in [4.78, 5) is 11.4. The van der Waals surface area contributed by atoms with Crippen LogP contribution in [-0.4, -0.2) is 16.5 Å². The molecule has 0 atom stereocenters. The van der Waals surface area contributed by atoms with Gasteiger partial charge < -0.3 is 10.2 Å². The van der Waals surface area contributed by atoms with Gasteiger partial charge >= 0.3 is 0 Å². The zero-order valence-corrected chi connectivity index (χ0v) is 14.1. The van der Waals surface area contributed by atoms with Crippen LogP contribution in [-0.2, 0) is 6.42 Å². The van der Waals surface area contributed by atoms with E-state index in [9.17, 15) is 0 Å². The first-order chi connectivity index (χ1) is 11.7. The highest BCUT2D eigenvalue weighted by Crippen LogP contribution is 2.34. The van der Waals surface area contributed by atoms with Crippen molar-refractivity contribution >= 4 is 34.7 Å². The van der Waals surface area contributed by atoms with Gasteiger partial charge in [0.05, 0.1) is 10.7 Å². The first-order valence-corrected chi connectivity index (χ1v) is 8.31. The molecule has 120 valence electrons. The Bertz CT molecular complexity index is 894. The molecule has 4 nitrogen and oxygen atoms in total. The maximum atomic E-state index is 6.22. The second kappa shape index (κ2) is 6.13. The molecule has 2 aromatic carbocycles. The number of hydrogen-bond donors (Lipinski definition) is 1. The highest BCUT2D eigenvalue weighted by atomic mass is 35.5. The number of aromatic nitrogens is 2. The molecule has 0 amide bonds. The number of nitrogens with zero attached hydrogens (tertiary/aromatic N) is 3. The van der Waals surface area contributed by atoms with Gasteiger partial charge in [0.1, 0.15) is 5.82 Å². The van der Waals surface area contributed by atoms with E-state index in [2.05, 4.69) is 39.5 Å². The second-order valence-corrected chi connectivity index (χ2v) is 6.23. The molecule has 1 aliphatic heterocycles. The number of hydrogen-bond acceptors (Lipinski definition) is 4. The predicted molar refractivity (Wildman–Crippen MR) is 98.7 cm³/mol. The van der Waals surface area contributed by atoms with Gasteiger partial charge in [-0.2, -0.15) is 4.98 Å². The van der Waals surface area contributed by atoms with Crippen molar-refractivity contribution in [3.63, 3.8) is 0 Å². The largest absolute Gasteiger partial charge is 0.326 e. The molecule has 5 heteroatoms. The Kier molecular flexibility index (Phi) is 3.82. The quantitative estimate of drug-likeness (QED) is 0.740. The summed E-state index contributed by atoms with van der Waals surface area (Å²) < 4.78 is 0. The summed E-state index contributed by atoms with van der Waals surface area (Å²) in [6.45, 7) is 2.91. The first kappa shape index (κ1) is 15.0. The van der Waals surface area contributed by atoms with Gasteiger partial charge in [-0.05, 0) is 37.1 Å². The SMILES string of the molecule is Cc1cc(N2CCc3ccccc32)nc(Nc2ccccc2Cl)n1. The van der Waals surface area contributed by atoms with Crippen LogP contribution in [0.5, 0.6) is 0 Å². The Morgan fingerprint density at radius 2 is 1.83 bits per heavy atom. The van der Waals surface area contributed by atoms with E-state index in [0.29, 0.717) is 11.0 Å². The number of halogens is 1. The van der Waals surface area contributed by atoms with Crippen molar-refractivity contribution in [3.8, 4) is 0 Å². The van der Waals surface area contributed by atoms with Crippen molar-refractivity contribution in [2.45, 2.75) is 13.3 Å². The van der Waals surface area contributed by atoms with Gasteiger partial charge in [-0.25, -0.2) is 4.98 Å². The van der Waals surface area contributed by atoms with Crippen LogP contribution >= 0.6 is 11.6 Å². The lowest BCUT2D eigenvalue weighted by atomic mass is 10.2. The molecule has 1 aliphatic rings. The maximum Gasteiger partial charge on any atom is 0.229 e. The summed E-state index contributed by atoms with van der Waals surface area (Å²) in [6.07, 6.45) is 1.03. The number of anilines is 4. The van der Waals surface area contributed by atoms with E-state index >= 15 is 0 Å². The molecular weight excluding hydrogens is 320 g/mol. The third kappa shape index (κ3) is 2.81. The highest BCUT2D eigenvalue weighted by Gasteiger charge is 2.21. The number of benzene rings is 2. The van der Waals surface area contributed by atoms with Gasteiger partial charge in [0.15, 0.2) is 0 Å². The van der Waals surface area contributed by atoms with Crippen LogP contribution < -0.4 is 10.2 Å². The molecule has 4 rings (SSSR count). The maximum absolute atomic E-state index is 6.22. The Labute approximate surface area is 146 Å². The van der Waals surface area contributed by atoms with E-state index < -0.39 is 0 Å². The van der Waals surface area contributed by atoms with Crippen molar-refractivity contribution in [1.29, 1.82) is 0 Å². The average molecular weight is 337 g/mol. The smallest absolute Gasteiger partial charge is 0.229 e. The molecule has 0 radical (unpaired) electrons. The fourth-order valence-electron chi connectivity index (χ4n) is 3.01. The molecule has 2 heterocycles. The van der Waals surface area contributed by atoms with Crippen molar-refractivity contribution < 1.29 is 0 Å². The molecule has 0 fully saturated rings. The summed E-state index contributed by atoms with van der Waals surface area (Å²) in [6, 6.07) is 18.1. The number of para-hydroxylation sites is 2. The number of aryl methyl sites for hydroxylation is 1. The number of nitrogens with one attached hydrogen (secondary N) is 1. The van der Waals surface area contributed by atoms with Crippen LogP contribution in [0, 0.1) is 6.92 Å². The molecule has 0 aliphatic carbocycles. The molecule has 0 bridgehead atoms. The van der Waals surface area contributed by atoms with Crippen LogP contribution in [0.4, 0.5) is 23.1 Å². The number of rotatable bonds is 3. The van der Waals surface area contributed by atoms with E-state index in [4.69, 9.17) is 16.6 Å². The van der Waals surface area contributed by atoms with Gasteiger partial charge in [0.25, 0.3) is 0 Å². The Morgan fingerprint density at radius 1 is 1.04 bits per heavy atom. The minimum absolute atomic E-state index is 0.558. The molecule has 0 spiro atoms. The molecular formula is C19H17ClN4.